The third-order valence-corrected chi connectivity index (χ3v) is 4.60. The summed E-state index contributed by atoms with van der Waals surface area (Å²) in [4.78, 5) is 16.7. The number of aromatic nitrogens is 5. The fraction of sp³-hybridized carbons (Fsp3) is 0.143. The average Bonchev–Trinajstić information content (AvgIpc) is 3.36. The highest BCUT2D eigenvalue weighted by Gasteiger charge is 2.18. The molecule has 0 saturated carbocycles. The second kappa shape index (κ2) is 7.31. The van der Waals surface area contributed by atoms with E-state index in [0.717, 1.165) is 5.56 Å². The number of primary amides is 1. The van der Waals surface area contributed by atoms with E-state index in [1.165, 1.54) is 12.1 Å². The van der Waals surface area contributed by atoms with Crippen LogP contribution in [0.3, 0.4) is 0 Å². The Morgan fingerprint density at radius 3 is 2.52 bits per heavy atom. The fourth-order valence-electron chi connectivity index (χ4n) is 3.20. The van der Waals surface area contributed by atoms with Gasteiger partial charge in [0.15, 0.2) is 5.82 Å². The second-order valence-corrected chi connectivity index (χ2v) is 6.85. The molecule has 146 valence electrons. The van der Waals surface area contributed by atoms with Gasteiger partial charge in [0.25, 0.3) is 5.91 Å². The SMILES string of the molecule is CC(C)n1cnnc1-c1cccc(-n2c(C(N)=O)ccc2-c2ccc(F)cc2)n1. The highest BCUT2D eigenvalue weighted by atomic mass is 19.1. The Kier molecular flexibility index (Phi) is 4.67. The van der Waals surface area contributed by atoms with Gasteiger partial charge in [0, 0.05) is 6.04 Å². The number of halogens is 1. The Bertz CT molecular complexity index is 1180. The van der Waals surface area contributed by atoms with E-state index in [9.17, 15) is 9.18 Å². The van der Waals surface area contributed by atoms with Crippen LogP contribution in [0.25, 0.3) is 28.6 Å². The van der Waals surface area contributed by atoms with E-state index in [4.69, 9.17) is 10.7 Å². The Morgan fingerprint density at radius 1 is 1.07 bits per heavy atom. The van der Waals surface area contributed by atoms with Crippen LogP contribution in [0, 0.1) is 5.82 Å². The molecule has 3 aromatic heterocycles. The Balaban J connectivity index is 1.89. The van der Waals surface area contributed by atoms with Gasteiger partial charge >= 0.3 is 0 Å². The molecule has 0 fully saturated rings. The minimum Gasteiger partial charge on any atom is -0.364 e. The summed E-state index contributed by atoms with van der Waals surface area (Å²) in [5.74, 6) is 0.197. The van der Waals surface area contributed by atoms with Gasteiger partial charge in [-0.3, -0.25) is 9.36 Å². The van der Waals surface area contributed by atoms with E-state index in [2.05, 4.69) is 10.2 Å². The number of pyridine rings is 1. The number of nitrogens with two attached hydrogens (primary N) is 1. The number of benzene rings is 1. The third-order valence-electron chi connectivity index (χ3n) is 4.60. The van der Waals surface area contributed by atoms with Crippen molar-refractivity contribution in [3.63, 3.8) is 0 Å². The van der Waals surface area contributed by atoms with Crippen molar-refractivity contribution in [3.05, 3.63) is 72.4 Å². The Morgan fingerprint density at radius 2 is 1.83 bits per heavy atom. The highest BCUT2D eigenvalue weighted by molar-refractivity contribution is 5.93. The molecule has 0 radical (unpaired) electrons. The summed E-state index contributed by atoms with van der Waals surface area (Å²) >= 11 is 0. The average molecular weight is 390 g/mol. The summed E-state index contributed by atoms with van der Waals surface area (Å²) in [5, 5.41) is 8.17. The minimum absolute atomic E-state index is 0.160. The second-order valence-electron chi connectivity index (χ2n) is 6.85. The molecule has 4 rings (SSSR count). The van der Waals surface area contributed by atoms with Gasteiger partial charge in [-0.1, -0.05) is 6.07 Å². The summed E-state index contributed by atoms with van der Waals surface area (Å²) in [7, 11) is 0. The van der Waals surface area contributed by atoms with Gasteiger partial charge < -0.3 is 10.3 Å². The molecule has 0 unspecified atom stereocenters. The lowest BCUT2D eigenvalue weighted by molar-refractivity contribution is 0.0994. The van der Waals surface area contributed by atoms with E-state index in [-0.39, 0.29) is 17.6 Å². The normalized spacial score (nSPS) is 11.2. The molecule has 29 heavy (non-hydrogen) atoms. The third kappa shape index (κ3) is 3.40. The summed E-state index contributed by atoms with van der Waals surface area (Å²) in [6, 6.07) is 15.0. The molecular formula is C21H19FN6O. The van der Waals surface area contributed by atoms with Gasteiger partial charge in [-0.25, -0.2) is 9.37 Å². The number of amides is 1. The molecule has 8 heteroatoms. The van der Waals surface area contributed by atoms with Gasteiger partial charge in [0.2, 0.25) is 0 Å². The molecule has 0 bridgehead atoms. The van der Waals surface area contributed by atoms with Crippen LogP contribution in [-0.2, 0) is 0 Å². The standard InChI is InChI=1S/C21H19FN6O/c1-13(2)27-12-24-26-21(27)16-4-3-5-19(25-16)28-17(10-11-18(28)20(23)29)14-6-8-15(22)9-7-14/h3-13H,1-2H3,(H2,23,29). The lowest BCUT2D eigenvalue weighted by Crippen LogP contribution is -2.17. The quantitative estimate of drug-likeness (QED) is 0.563. The molecule has 0 atom stereocenters. The molecule has 0 spiro atoms. The fourth-order valence-corrected chi connectivity index (χ4v) is 3.20. The lowest BCUT2D eigenvalue weighted by atomic mass is 10.1. The van der Waals surface area contributed by atoms with Crippen LogP contribution in [-0.4, -0.2) is 30.2 Å². The maximum Gasteiger partial charge on any atom is 0.265 e. The Labute approximate surface area is 166 Å². The first kappa shape index (κ1) is 18.5. The molecular weight excluding hydrogens is 371 g/mol. The summed E-state index contributed by atoms with van der Waals surface area (Å²) in [6.07, 6.45) is 1.66. The largest absolute Gasteiger partial charge is 0.364 e. The van der Waals surface area contributed by atoms with E-state index in [1.807, 2.05) is 30.5 Å². The van der Waals surface area contributed by atoms with Crippen molar-refractivity contribution in [1.82, 2.24) is 24.3 Å². The number of hydrogen-bond acceptors (Lipinski definition) is 4. The van der Waals surface area contributed by atoms with Crippen molar-refractivity contribution in [1.29, 1.82) is 0 Å². The predicted molar refractivity (Wildman–Crippen MR) is 107 cm³/mol. The zero-order chi connectivity index (χ0) is 20.5. The predicted octanol–water partition coefficient (Wildman–Crippen LogP) is 3.62. The molecule has 3 heterocycles. The molecule has 0 aliphatic heterocycles. The van der Waals surface area contributed by atoms with Crippen LogP contribution >= 0.6 is 0 Å². The number of rotatable bonds is 5. The molecule has 0 saturated heterocycles. The summed E-state index contributed by atoms with van der Waals surface area (Å²) < 4.78 is 16.9. The van der Waals surface area contributed by atoms with Gasteiger partial charge in [0.05, 0.1) is 5.69 Å². The number of hydrogen-bond donors (Lipinski definition) is 1. The zero-order valence-corrected chi connectivity index (χ0v) is 16.0. The van der Waals surface area contributed by atoms with E-state index in [1.54, 1.807) is 41.2 Å². The molecule has 2 N–H and O–H groups in total. The first-order valence-electron chi connectivity index (χ1n) is 9.10. The van der Waals surface area contributed by atoms with Crippen LogP contribution < -0.4 is 5.73 Å². The van der Waals surface area contributed by atoms with Crippen molar-refractivity contribution in [3.8, 4) is 28.6 Å². The van der Waals surface area contributed by atoms with E-state index in [0.29, 0.717) is 23.0 Å². The van der Waals surface area contributed by atoms with Crippen molar-refractivity contribution >= 4 is 5.91 Å². The molecule has 1 aromatic carbocycles. The first-order valence-corrected chi connectivity index (χ1v) is 9.10. The van der Waals surface area contributed by atoms with Gasteiger partial charge in [-0.05, 0) is 67.9 Å². The molecule has 1 amide bonds. The van der Waals surface area contributed by atoms with Crippen molar-refractivity contribution in [2.75, 3.05) is 0 Å². The van der Waals surface area contributed by atoms with Crippen molar-refractivity contribution in [2.24, 2.45) is 5.73 Å². The van der Waals surface area contributed by atoms with Crippen LogP contribution in [0.2, 0.25) is 0 Å². The summed E-state index contributed by atoms with van der Waals surface area (Å²) in [5.41, 5.74) is 7.89. The molecule has 0 aliphatic carbocycles. The zero-order valence-electron chi connectivity index (χ0n) is 16.0. The number of carbonyl (C=O) groups is 1. The maximum atomic E-state index is 13.4. The van der Waals surface area contributed by atoms with Gasteiger partial charge in [-0.15, -0.1) is 10.2 Å². The lowest BCUT2D eigenvalue weighted by Gasteiger charge is -2.14. The number of nitrogens with zero attached hydrogens (tertiary/aromatic N) is 5. The van der Waals surface area contributed by atoms with Gasteiger partial charge in [-0.2, -0.15) is 0 Å². The monoisotopic (exact) mass is 390 g/mol. The van der Waals surface area contributed by atoms with E-state index < -0.39 is 5.91 Å². The van der Waals surface area contributed by atoms with Crippen LogP contribution in [0.5, 0.6) is 0 Å². The first-order chi connectivity index (χ1) is 14.0. The molecule has 7 nitrogen and oxygen atoms in total. The van der Waals surface area contributed by atoms with E-state index >= 15 is 0 Å². The maximum absolute atomic E-state index is 13.4. The molecule has 4 aromatic rings. The van der Waals surface area contributed by atoms with Crippen molar-refractivity contribution < 1.29 is 9.18 Å². The van der Waals surface area contributed by atoms with Crippen LogP contribution in [0.15, 0.2) is 60.9 Å². The smallest absolute Gasteiger partial charge is 0.265 e. The molecule has 0 aliphatic rings. The van der Waals surface area contributed by atoms with Crippen molar-refractivity contribution in [2.45, 2.75) is 19.9 Å². The minimum atomic E-state index is -0.587. The topological polar surface area (TPSA) is 91.6 Å². The highest BCUT2D eigenvalue weighted by Crippen LogP contribution is 2.27. The number of carbonyl (C=O) groups excluding carboxylic acids is 1. The van der Waals surface area contributed by atoms with Crippen LogP contribution in [0.4, 0.5) is 4.39 Å². The van der Waals surface area contributed by atoms with Gasteiger partial charge in [0.1, 0.15) is 29.4 Å². The van der Waals surface area contributed by atoms with Crippen LogP contribution in [0.1, 0.15) is 30.4 Å². The Hall–Kier alpha value is -3.81. The summed E-state index contributed by atoms with van der Waals surface area (Å²) in [6.45, 7) is 4.06.